The van der Waals surface area contributed by atoms with Crippen molar-refractivity contribution in [1.82, 2.24) is 14.1 Å². The number of hydrogen-bond donors (Lipinski definition) is 3. The van der Waals surface area contributed by atoms with E-state index in [-0.39, 0.29) is 16.2 Å². The zero-order chi connectivity index (χ0) is 28.5. The van der Waals surface area contributed by atoms with Gasteiger partial charge in [-0.1, -0.05) is 39.0 Å². The van der Waals surface area contributed by atoms with Crippen molar-refractivity contribution < 1.29 is 28.2 Å². The highest BCUT2D eigenvalue weighted by Gasteiger charge is 2.22. The van der Waals surface area contributed by atoms with Crippen molar-refractivity contribution >= 4 is 33.9 Å². The SMILES string of the molecule is CC(=O)O.CCc1ccccc1N=Cc1c(CC(=O)O)[nH]n(-c2ccc(S(=O)(=O)N(CC)CC)cc2)c1=O. The number of hydrogen-bond acceptors (Lipinski definition) is 6. The van der Waals surface area contributed by atoms with Crippen molar-refractivity contribution in [1.29, 1.82) is 0 Å². The number of para-hydroxylation sites is 1. The van der Waals surface area contributed by atoms with Crippen LogP contribution in [0.3, 0.4) is 0 Å². The molecule has 3 rings (SSSR count). The number of aliphatic carboxylic acids is 2. The monoisotopic (exact) mass is 544 g/mol. The van der Waals surface area contributed by atoms with Gasteiger partial charge in [0.05, 0.1) is 33.9 Å². The minimum Gasteiger partial charge on any atom is -0.481 e. The van der Waals surface area contributed by atoms with Gasteiger partial charge in [-0.3, -0.25) is 24.5 Å². The van der Waals surface area contributed by atoms with Crippen LogP contribution in [0.1, 0.15) is 44.5 Å². The Morgan fingerprint density at radius 3 is 2.13 bits per heavy atom. The molecule has 0 saturated heterocycles. The first-order valence-corrected chi connectivity index (χ1v) is 13.4. The predicted molar refractivity (Wildman–Crippen MR) is 144 cm³/mol. The van der Waals surface area contributed by atoms with Gasteiger partial charge in [0.15, 0.2) is 0 Å². The molecule has 12 heteroatoms. The molecule has 0 aliphatic carbocycles. The number of aryl methyl sites for hydroxylation is 1. The molecule has 11 nitrogen and oxygen atoms in total. The number of nitrogens with one attached hydrogen (secondary N) is 1. The number of aromatic amines is 1. The van der Waals surface area contributed by atoms with Gasteiger partial charge in [-0.15, -0.1) is 0 Å². The smallest absolute Gasteiger partial charge is 0.309 e. The predicted octanol–water partition coefficient (Wildman–Crippen LogP) is 3.23. The summed E-state index contributed by atoms with van der Waals surface area (Å²) in [5.41, 5.74) is 1.93. The maximum Gasteiger partial charge on any atom is 0.309 e. The maximum absolute atomic E-state index is 13.2. The van der Waals surface area contributed by atoms with Crippen LogP contribution in [-0.2, 0) is 32.5 Å². The molecule has 0 aliphatic heterocycles. The number of benzene rings is 2. The molecule has 1 heterocycles. The third-order valence-electron chi connectivity index (χ3n) is 5.48. The Labute approximate surface area is 221 Å². The minimum atomic E-state index is -3.64. The summed E-state index contributed by atoms with van der Waals surface area (Å²) in [6, 6.07) is 13.4. The van der Waals surface area contributed by atoms with Gasteiger partial charge in [0.25, 0.3) is 11.5 Å². The van der Waals surface area contributed by atoms with Crippen LogP contribution < -0.4 is 5.56 Å². The van der Waals surface area contributed by atoms with Gasteiger partial charge in [0.1, 0.15) is 0 Å². The molecule has 204 valence electrons. The number of aromatic nitrogens is 2. The zero-order valence-electron chi connectivity index (χ0n) is 21.7. The number of carbonyl (C=O) groups is 2. The Morgan fingerprint density at radius 2 is 1.61 bits per heavy atom. The van der Waals surface area contributed by atoms with Gasteiger partial charge in [0, 0.05) is 26.2 Å². The third-order valence-corrected chi connectivity index (χ3v) is 7.54. The van der Waals surface area contributed by atoms with E-state index in [1.54, 1.807) is 13.8 Å². The van der Waals surface area contributed by atoms with E-state index >= 15 is 0 Å². The second kappa shape index (κ2) is 13.5. The lowest BCUT2D eigenvalue weighted by molar-refractivity contribution is -0.136. The summed E-state index contributed by atoms with van der Waals surface area (Å²) >= 11 is 0. The lowest BCUT2D eigenvalue weighted by atomic mass is 10.1. The molecule has 1 aromatic heterocycles. The number of sulfonamides is 1. The zero-order valence-corrected chi connectivity index (χ0v) is 22.5. The molecule has 3 N–H and O–H groups in total. The van der Waals surface area contributed by atoms with E-state index < -0.39 is 33.9 Å². The van der Waals surface area contributed by atoms with Crippen molar-refractivity contribution in [2.45, 2.75) is 45.4 Å². The fourth-order valence-corrected chi connectivity index (χ4v) is 5.10. The molecular formula is C26H32N4O7S. The lowest BCUT2D eigenvalue weighted by Gasteiger charge is -2.18. The Balaban J connectivity index is 0.00000118. The summed E-state index contributed by atoms with van der Waals surface area (Å²) in [6.07, 6.45) is 1.74. The molecule has 0 atom stereocenters. The number of carboxylic acid groups (broad SMARTS) is 2. The standard InChI is InChI=1S/C24H28N4O5S.C2H4O2/c1-4-17-9-7-8-10-21(17)25-16-20-22(15-23(29)30)26-28(24(20)31)18-11-13-19(14-12-18)34(32,33)27(5-2)6-3;1-2(3)4/h7-14,16,26H,4-6,15H2,1-3H3,(H,29,30);1H3,(H,3,4). The maximum atomic E-state index is 13.2. The highest BCUT2D eigenvalue weighted by Crippen LogP contribution is 2.20. The van der Waals surface area contributed by atoms with Crippen molar-refractivity contribution in [2.24, 2.45) is 4.99 Å². The van der Waals surface area contributed by atoms with E-state index in [1.807, 2.05) is 31.2 Å². The van der Waals surface area contributed by atoms with E-state index in [2.05, 4.69) is 10.1 Å². The lowest BCUT2D eigenvalue weighted by Crippen LogP contribution is -2.30. The minimum absolute atomic E-state index is 0.114. The summed E-state index contributed by atoms with van der Waals surface area (Å²) < 4.78 is 28.0. The van der Waals surface area contributed by atoms with Crippen LogP contribution in [0, 0.1) is 0 Å². The average Bonchev–Trinajstić information content (AvgIpc) is 3.17. The van der Waals surface area contributed by atoms with Gasteiger partial charge in [-0.25, -0.2) is 13.1 Å². The quantitative estimate of drug-likeness (QED) is 0.330. The molecule has 38 heavy (non-hydrogen) atoms. The molecule has 3 aromatic rings. The first-order chi connectivity index (χ1) is 18.0. The van der Waals surface area contributed by atoms with Crippen LogP contribution in [0.25, 0.3) is 5.69 Å². The highest BCUT2D eigenvalue weighted by atomic mass is 32.2. The molecule has 0 saturated carbocycles. The highest BCUT2D eigenvalue weighted by molar-refractivity contribution is 7.89. The van der Waals surface area contributed by atoms with Gasteiger partial charge in [-0.05, 0) is 42.3 Å². The van der Waals surface area contributed by atoms with E-state index in [0.29, 0.717) is 24.5 Å². The number of nitrogens with zero attached hydrogens (tertiary/aromatic N) is 3. The second-order valence-electron chi connectivity index (χ2n) is 8.06. The van der Waals surface area contributed by atoms with Crippen molar-refractivity contribution in [2.75, 3.05) is 13.1 Å². The van der Waals surface area contributed by atoms with Gasteiger partial charge in [-0.2, -0.15) is 4.31 Å². The molecule has 0 spiro atoms. The number of rotatable bonds is 10. The topological polar surface area (TPSA) is 162 Å². The van der Waals surface area contributed by atoms with E-state index in [4.69, 9.17) is 9.90 Å². The first-order valence-electron chi connectivity index (χ1n) is 11.9. The fourth-order valence-electron chi connectivity index (χ4n) is 3.65. The molecule has 0 bridgehead atoms. The number of H-pyrrole nitrogens is 1. The summed E-state index contributed by atoms with van der Waals surface area (Å²) in [4.78, 5) is 38.1. The molecule has 0 aliphatic rings. The number of aliphatic imine (C=N–C) groups is 1. The third kappa shape index (κ3) is 7.49. The second-order valence-corrected chi connectivity index (χ2v) is 10.00. The van der Waals surface area contributed by atoms with Crippen LogP contribution in [0.2, 0.25) is 0 Å². The molecular weight excluding hydrogens is 512 g/mol. The average molecular weight is 545 g/mol. The van der Waals surface area contributed by atoms with Crippen molar-refractivity contribution in [3.05, 3.63) is 75.7 Å². The van der Waals surface area contributed by atoms with Gasteiger partial charge < -0.3 is 10.2 Å². The fraction of sp³-hybridized carbons (Fsp3) is 0.308. The van der Waals surface area contributed by atoms with Crippen LogP contribution in [-0.4, -0.2) is 64.0 Å². The molecule has 0 unspecified atom stereocenters. The Hall–Kier alpha value is -4.03. The van der Waals surface area contributed by atoms with E-state index in [1.165, 1.54) is 39.5 Å². The largest absolute Gasteiger partial charge is 0.481 e. The molecule has 0 radical (unpaired) electrons. The molecule has 0 fully saturated rings. The molecule has 2 aromatic carbocycles. The van der Waals surface area contributed by atoms with Crippen LogP contribution >= 0.6 is 0 Å². The van der Waals surface area contributed by atoms with Crippen LogP contribution in [0.5, 0.6) is 0 Å². The Kier molecular flexibility index (Phi) is 10.7. The molecule has 0 amide bonds. The Bertz CT molecular complexity index is 1450. The summed E-state index contributed by atoms with van der Waals surface area (Å²) in [5.74, 6) is -1.93. The first kappa shape index (κ1) is 30.2. The summed E-state index contributed by atoms with van der Waals surface area (Å²) in [6.45, 7) is 7.30. The van der Waals surface area contributed by atoms with Crippen LogP contribution in [0.4, 0.5) is 5.69 Å². The van der Waals surface area contributed by atoms with Crippen molar-refractivity contribution in [3.63, 3.8) is 0 Å². The summed E-state index contributed by atoms with van der Waals surface area (Å²) in [7, 11) is -3.64. The van der Waals surface area contributed by atoms with Gasteiger partial charge >= 0.3 is 5.97 Å². The summed E-state index contributed by atoms with van der Waals surface area (Å²) in [5, 5.41) is 19.6. The van der Waals surface area contributed by atoms with E-state index in [0.717, 1.165) is 18.9 Å². The van der Waals surface area contributed by atoms with Gasteiger partial charge in [0.2, 0.25) is 10.0 Å². The van der Waals surface area contributed by atoms with Crippen LogP contribution in [0.15, 0.2) is 63.2 Å². The normalized spacial score (nSPS) is 11.4. The Morgan fingerprint density at radius 1 is 1.03 bits per heavy atom. The number of carboxylic acids is 2. The van der Waals surface area contributed by atoms with Crippen molar-refractivity contribution in [3.8, 4) is 5.69 Å². The van der Waals surface area contributed by atoms with E-state index in [9.17, 15) is 23.1 Å².